The number of benzene rings is 2. The summed E-state index contributed by atoms with van der Waals surface area (Å²) in [6.45, 7) is 1.42. The van der Waals surface area contributed by atoms with Crippen LogP contribution in [-0.2, 0) is 11.2 Å². The predicted molar refractivity (Wildman–Crippen MR) is 98.4 cm³/mol. The smallest absolute Gasteiger partial charge is 0.232 e. The van der Waals surface area contributed by atoms with Gasteiger partial charge in [-0.3, -0.25) is 4.79 Å². The van der Waals surface area contributed by atoms with Gasteiger partial charge in [0.15, 0.2) is 0 Å². The fourth-order valence-corrected chi connectivity index (χ4v) is 3.38. The average molecular weight is 347 g/mol. The summed E-state index contributed by atoms with van der Waals surface area (Å²) in [6.07, 6.45) is 2.39. The molecule has 5 nitrogen and oxygen atoms in total. The van der Waals surface area contributed by atoms with Gasteiger partial charge in [0.05, 0.1) is 5.92 Å². The minimum absolute atomic E-state index is 0.0100. The van der Waals surface area contributed by atoms with E-state index in [1.54, 1.807) is 0 Å². The Morgan fingerprint density at radius 2 is 1.77 bits per heavy atom. The predicted octanol–water partition coefficient (Wildman–Crippen LogP) is 3.69. The number of carbonyl (C=O) groups is 1. The van der Waals surface area contributed by atoms with Gasteiger partial charge in [-0.25, -0.2) is 0 Å². The Morgan fingerprint density at radius 1 is 1.04 bits per heavy atom. The van der Waals surface area contributed by atoms with E-state index in [0.29, 0.717) is 24.7 Å². The number of likely N-dealkylation sites (tertiary alicyclic amines) is 1. The SMILES string of the molecule is O=C1CC(c2nc(-c3ccccc3)no2)CN1CCCc1ccccc1. The lowest BCUT2D eigenvalue weighted by Gasteiger charge is -2.15. The minimum Gasteiger partial charge on any atom is -0.342 e. The first-order chi connectivity index (χ1) is 12.8. The molecule has 4 rings (SSSR count). The zero-order chi connectivity index (χ0) is 17.8. The van der Waals surface area contributed by atoms with Gasteiger partial charge in [-0.2, -0.15) is 4.98 Å². The number of nitrogens with zero attached hydrogens (tertiary/aromatic N) is 3. The summed E-state index contributed by atoms with van der Waals surface area (Å²) < 4.78 is 5.43. The first kappa shape index (κ1) is 16.5. The highest BCUT2D eigenvalue weighted by atomic mass is 16.5. The largest absolute Gasteiger partial charge is 0.342 e. The standard InChI is InChI=1S/C21H21N3O2/c25-19-14-18(15-24(19)13-7-10-16-8-3-1-4-9-16)21-22-20(23-26-21)17-11-5-2-6-12-17/h1-6,8-9,11-12,18H,7,10,13-15H2. The number of aryl methyl sites for hydroxylation is 1. The van der Waals surface area contributed by atoms with E-state index in [4.69, 9.17) is 4.52 Å². The topological polar surface area (TPSA) is 59.2 Å². The molecule has 0 aliphatic carbocycles. The zero-order valence-corrected chi connectivity index (χ0v) is 14.5. The van der Waals surface area contributed by atoms with Gasteiger partial charge in [-0.1, -0.05) is 65.8 Å². The third kappa shape index (κ3) is 3.67. The van der Waals surface area contributed by atoms with Gasteiger partial charge in [-0.15, -0.1) is 0 Å². The summed E-state index contributed by atoms with van der Waals surface area (Å²) in [5, 5.41) is 4.07. The van der Waals surface area contributed by atoms with Crippen LogP contribution in [0.15, 0.2) is 65.2 Å². The normalized spacial score (nSPS) is 17.0. The maximum atomic E-state index is 12.3. The summed E-state index contributed by atoms with van der Waals surface area (Å²) in [5.41, 5.74) is 2.23. The van der Waals surface area contributed by atoms with Crippen LogP contribution < -0.4 is 0 Å². The zero-order valence-electron chi connectivity index (χ0n) is 14.5. The highest BCUT2D eigenvalue weighted by Gasteiger charge is 2.33. The summed E-state index contributed by atoms with van der Waals surface area (Å²) >= 11 is 0. The molecule has 0 bridgehead atoms. The van der Waals surface area contributed by atoms with E-state index in [2.05, 4.69) is 22.3 Å². The molecule has 0 saturated carbocycles. The fraction of sp³-hybridized carbons (Fsp3) is 0.286. The second-order valence-electron chi connectivity index (χ2n) is 6.65. The van der Waals surface area contributed by atoms with Gasteiger partial charge < -0.3 is 9.42 Å². The van der Waals surface area contributed by atoms with Crippen molar-refractivity contribution in [3.05, 3.63) is 72.1 Å². The van der Waals surface area contributed by atoms with E-state index in [-0.39, 0.29) is 11.8 Å². The molecule has 2 aromatic carbocycles. The third-order valence-electron chi connectivity index (χ3n) is 4.77. The van der Waals surface area contributed by atoms with E-state index < -0.39 is 0 Å². The third-order valence-corrected chi connectivity index (χ3v) is 4.77. The molecule has 1 atom stereocenters. The molecule has 1 aliphatic rings. The van der Waals surface area contributed by atoms with Crippen LogP contribution in [0.3, 0.4) is 0 Å². The van der Waals surface area contributed by atoms with Gasteiger partial charge >= 0.3 is 0 Å². The second kappa shape index (κ2) is 7.52. The van der Waals surface area contributed by atoms with Crippen molar-refractivity contribution in [1.82, 2.24) is 15.0 Å². The molecule has 1 aromatic heterocycles. The van der Waals surface area contributed by atoms with E-state index in [9.17, 15) is 4.79 Å². The van der Waals surface area contributed by atoms with Gasteiger partial charge in [0, 0.05) is 25.1 Å². The maximum Gasteiger partial charge on any atom is 0.232 e. The van der Waals surface area contributed by atoms with Gasteiger partial charge in [0.2, 0.25) is 17.6 Å². The number of aromatic nitrogens is 2. The maximum absolute atomic E-state index is 12.3. The van der Waals surface area contributed by atoms with Crippen molar-refractivity contribution in [2.24, 2.45) is 0 Å². The van der Waals surface area contributed by atoms with Crippen molar-refractivity contribution < 1.29 is 9.32 Å². The molecule has 132 valence electrons. The van der Waals surface area contributed by atoms with E-state index >= 15 is 0 Å². The lowest BCUT2D eigenvalue weighted by atomic mass is 10.1. The Kier molecular flexibility index (Phi) is 4.78. The van der Waals surface area contributed by atoms with Crippen LogP contribution in [0.2, 0.25) is 0 Å². The number of hydrogen-bond donors (Lipinski definition) is 0. The molecule has 1 saturated heterocycles. The van der Waals surface area contributed by atoms with Crippen LogP contribution in [0, 0.1) is 0 Å². The molecular formula is C21H21N3O2. The van der Waals surface area contributed by atoms with E-state index in [0.717, 1.165) is 24.9 Å². The Bertz CT molecular complexity index is 861. The Balaban J connectivity index is 1.35. The van der Waals surface area contributed by atoms with Crippen LogP contribution in [-0.4, -0.2) is 34.0 Å². The molecule has 0 radical (unpaired) electrons. The monoisotopic (exact) mass is 347 g/mol. The van der Waals surface area contributed by atoms with Crippen molar-refractivity contribution in [2.75, 3.05) is 13.1 Å². The number of carbonyl (C=O) groups excluding carboxylic acids is 1. The summed E-state index contributed by atoms with van der Waals surface area (Å²) in [6, 6.07) is 20.1. The van der Waals surface area contributed by atoms with Crippen LogP contribution in [0.5, 0.6) is 0 Å². The molecule has 1 aliphatic heterocycles. The van der Waals surface area contributed by atoms with Crippen molar-refractivity contribution in [3.8, 4) is 11.4 Å². The molecular weight excluding hydrogens is 326 g/mol. The molecule has 1 amide bonds. The summed E-state index contributed by atoms with van der Waals surface area (Å²) in [5.74, 6) is 1.30. The molecule has 3 aromatic rings. The lowest BCUT2D eigenvalue weighted by Crippen LogP contribution is -2.26. The van der Waals surface area contributed by atoms with Gasteiger partial charge in [-0.05, 0) is 18.4 Å². The highest BCUT2D eigenvalue weighted by molar-refractivity contribution is 5.79. The average Bonchev–Trinajstić information content (AvgIpc) is 3.31. The Labute approximate surface area is 152 Å². The Morgan fingerprint density at radius 3 is 2.54 bits per heavy atom. The van der Waals surface area contributed by atoms with Crippen molar-refractivity contribution >= 4 is 5.91 Å². The molecule has 2 heterocycles. The number of amides is 1. The van der Waals surface area contributed by atoms with Crippen LogP contribution in [0.1, 0.15) is 30.2 Å². The quantitative estimate of drug-likeness (QED) is 0.682. The molecule has 1 fully saturated rings. The summed E-state index contributed by atoms with van der Waals surface area (Å²) in [4.78, 5) is 18.7. The van der Waals surface area contributed by atoms with Crippen molar-refractivity contribution in [2.45, 2.75) is 25.2 Å². The second-order valence-corrected chi connectivity index (χ2v) is 6.65. The van der Waals surface area contributed by atoms with E-state index in [1.165, 1.54) is 5.56 Å². The number of hydrogen-bond acceptors (Lipinski definition) is 4. The molecule has 1 unspecified atom stereocenters. The number of rotatable bonds is 6. The molecule has 5 heteroatoms. The molecule has 0 N–H and O–H groups in total. The summed E-state index contributed by atoms with van der Waals surface area (Å²) in [7, 11) is 0. The van der Waals surface area contributed by atoms with Crippen molar-refractivity contribution in [3.63, 3.8) is 0 Å². The van der Waals surface area contributed by atoms with Crippen LogP contribution in [0.4, 0.5) is 0 Å². The minimum atomic E-state index is -0.0100. The van der Waals surface area contributed by atoms with E-state index in [1.807, 2.05) is 53.4 Å². The van der Waals surface area contributed by atoms with Gasteiger partial charge in [0.1, 0.15) is 0 Å². The fourth-order valence-electron chi connectivity index (χ4n) is 3.38. The van der Waals surface area contributed by atoms with Gasteiger partial charge in [0.25, 0.3) is 0 Å². The first-order valence-corrected chi connectivity index (χ1v) is 9.00. The van der Waals surface area contributed by atoms with Crippen LogP contribution in [0.25, 0.3) is 11.4 Å². The first-order valence-electron chi connectivity index (χ1n) is 9.00. The highest BCUT2D eigenvalue weighted by Crippen LogP contribution is 2.28. The van der Waals surface area contributed by atoms with Crippen molar-refractivity contribution in [1.29, 1.82) is 0 Å². The Hall–Kier alpha value is -2.95. The lowest BCUT2D eigenvalue weighted by molar-refractivity contribution is -0.127. The molecule has 26 heavy (non-hydrogen) atoms. The molecule has 0 spiro atoms. The van der Waals surface area contributed by atoms with Crippen LogP contribution >= 0.6 is 0 Å².